The van der Waals surface area contributed by atoms with E-state index >= 15 is 0 Å². The maximum Gasteiger partial charge on any atom is 0.318 e. The second-order valence-electron chi connectivity index (χ2n) is 7.98. The lowest BCUT2D eigenvalue weighted by atomic mass is 10.1. The van der Waals surface area contributed by atoms with E-state index in [0.717, 1.165) is 50.7 Å². The predicted octanol–water partition coefficient (Wildman–Crippen LogP) is 3.50. The fourth-order valence-electron chi connectivity index (χ4n) is 4.24. The van der Waals surface area contributed by atoms with Crippen molar-refractivity contribution in [3.05, 3.63) is 0 Å². The molecular weight excluding hydrogens is 392 g/mol. The van der Waals surface area contributed by atoms with Gasteiger partial charge in [-0.05, 0) is 37.9 Å². The highest BCUT2D eigenvalue weighted by Gasteiger charge is 2.45. The third kappa shape index (κ3) is 7.72. The van der Waals surface area contributed by atoms with Crippen LogP contribution in [-0.4, -0.2) is 65.7 Å². The Morgan fingerprint density at radius 2 is 2.03 bits per heavy atom. The Morgan fingerprint density at radius 3 is 2.72 bits per heavy atom. The summed E-state index contributed by atoms with van der Waals surface area (Å²) in [6, 6.07) is 0.423. The van der Waals surface area contributed by atoms with Crippen LogP contribution in [0.5, 0.6) is 0 Å². The molecule has 0 aromatic heterocycles. The van der Waals surface area contributed by atoms with Crippen molar-refractivity contribution in [3.63, 3.8) is 0 Å². The Kier molecular flexibility index (Phi) is 10.1. The lowest BCUT2D eigenvalue weighted by molar-refractivity contribution is -0.147. The molecule has 1 aliphatic heterocycles. The molecule has 166 valence electrons. The standard InChI is InChI=1S/C21H36N2O5S/c1-4-5-6-8-16(28-15(2)24)10-11-23-19-14-17(13-18(19)22-21(23)26)29-12-7-9-20(25)27-3/h16-19H,4-14H2,1-3H3,(H,22,26). The summed E-state index contributed by atoms with van der Waals surface area (Å²) in [5, 5.41) is 3.62. The molecule has 7 nitrogen and oxygen atoms in total. The van der Waals surface area contributed by atoms with Gasteiger partial charge in [0.25, 0.3) is 0 Å². The van der Waals surface area contributed by atoms with Gasteiger partial charge in [0.1, 0.15) is 6.10 Å². The number of urea groups is 1. The van der Waals surface area contributed by atoms with Gasteiger partial charge in [0.05, 0.1) is 19.2 Å². The van der Waals surface area contributed by atoms with Crippen molar-refractivity contribution in [2.24, 2.45) is 0 Å². The maximum atomic E-state index is 12.4. The SMILES string of the molecule is CCCCCC(CCN1C(=O)NC2CC(SCCCC(=O)OC)CC21)OC(C)=O. The summed E-state index contributed by atoms with van der Waals surface area (Å²) < 4.78 is 10.2. The monoisotopic (exact) mass is 428 g/mol. The number of thioether (sulfide) groups is 1. The lowest BCUT2D eigenvalue weighted by Gasteiger charge is -2.25. The number of unbranched alkanes of at least 4 members (excludes halogenated alkanes) is 2. The van der Waals surface area contributed by atoms with E-state index in [1.807, 2.05) is 16.7 Å². The van der Waals surface area contributed by atoms with E-state index in [0.29, 0.717) is 24.6 Å². The number of hydrogen-bond acceptors (Lipinski definition) is 6. The number of fused-ring (bicyclic) bond motifs is 1. The Labute approximate surface area is 178 Å². The zero-order valence-corrected chi connectivity index (χ0v) is 18.8. The molecule has 1 aliphatic carbocycles. The van der Waals surface area contributed by atoms with Gasteiger partial charge in [-0.3, -0.25) is 9.59 Å². The van der Waals surface area contributed by atoms with E-state index in [2.05, 4.69) is 17.0 Å². The molecule has 0 bridgehead atoms. The average molecular weight is 429 g/mol. The Hall–Kier alpha value is -1.44. The first kappa shape index (κ1) is 23.8. The van der Waals surface area contributed by atoms with Crippen molar-refractivity contribution in [1.82, 2.24) is 10.2 Å². The van der Waals surface area contributed by atoms with Gasteiger partial charge in [-0.1, -0.05) is 19.8 Å². The number of amides is 2. The molecule has 8 heteroatoms. The van der Waals surface area contributed by atoms with Gasteiger partial charge in [0, 0.05) is 31.6 Å². The van der Waals surface area contributed by atoms with E-state index < -0.39 is 0 Å². The summed E-state index contributed by atoms with van der Waals surface area (Å²) in [5.74, 6) is 0.521. The molecule has 2 aliphatic rings. The first-order valence-electron chi connectivity index (χ1n) is 10.9. The first-order chi connectivity index (χ1) is 13.9. The molecule has 2 rings (SSSR count). The van der Waals surface area contributed by atoms with Crippen LogP contribution < -0.4 is 5.32 Å². The summed E-state index contributed by atoms with van der Waals surface area (Å²) in [4.78, 5) is 37.0. The number of hydrogen-bond donors (Lipinski definition) is 1. The van der Waals surface area contributed by atoms with Crippen LogP contribution in [0.15, 0.2) is 0 Å². The van der Waals surface area contributed by atoms with Gasteiger partial charge >= 0.3 is 18.0 Å². The van der Waals surface area contributed by atoms with Crippen LogP contribution in [0.3, 0.4) is 0 Å². The summed E-state index contributed by atoms with van der Waals surface area (Å²) >= 11 is 1.89. The molecule has 1 saturated carbocycles. The Bertz CT molecular complexity index is 559. The second-order valence-corrected chi connectivity index (χ2v) is 9.38. The fraction of sp³-hybridized carbons (Fsp3) is 0.857. The van der Waals surface area contributed by atoms with Gasteiger partial charge in [-0.2, -0.15) is 11.8 Å². The van der Waals surface area contributed by atoms with Crippen LogP contribution in [0, 0.1) is 0 Å². The average Bonchev–Trinajstić information content (AvgIpc) is 3.19. The van der Waals surface area contributed by atoms with Gasteiger partial charge in [0.2, 0.25) is 0 Å². The van der Waals surface area contributed by atoms with Crippen LogP contribution in [0.25, 0.3) is 0 Å². The topological polar surface area (TPSA) is 84.9 Å². The maximum absolute atomic E-state index is 12.4. The van der Waals surface area contributed by atoms with E-state index in [1.165, 1.54) is 14.0 Å². The Balaban J connectivity index is 1.78. The van der Waals surface area contributed by atoms with Crippen LogP contribution >= 0.6 is 11.8 Å². The molecule has 2 amide bonds. The van der Waals surface area contributed by atoms with Crippen molar-refractivity contribution < 1.29 is 23.9 Å². The summed E-state index contributed by atoms with van der Waals surface area (Å²) in [6.45, 7) is 4.22. The predicted molar refractivity (Wildman–Crippen MR) is 114 cm³/mol. The van der Waals surface area contributed by atoms with E-state index in [-0.39, 0.29) is 36.2 Å². The second kappa shape index (κ2) is 12.3. The quantitative estimate of drug-likeness (QED) is 0.357. The minimum Gasteiger partial charge on any atom is -0.469 e. The zero-order chi connectivity index (χ0) is 21.2. The highest BCUT2D eigenvalue weighted by atomic mass is 32.2. The minimum absolute atomic E-state index is 0.00396. The fourth-order valence-corrected chi connectivity index (χ4v) is 5.56. The number of carbonyl (C=O) groups excluding carboxylic acids is 3. The smallest absolute Gasteiger partial charge is 0.318 e. The third-order valence-corrected chi connectivity index (χ3v) is 7.10. The molecule has 0 aromatic rings. The first-order valence-corrected chi connectivity index (χ1v) is 11.9. The molecule has 1 N–H and O–H groups in total. The van der Waals surface area contributed by atoms with Gasteiger partial charge in [-0.25, -0.2) is 4.79 Å². The number of carbonyl (C=O) groups is 3. The molecule has 0 aromatic carbocycles. The highest BCUT2D eigenvalue weighted by molar-refractivity contribution is 7.99. The third-order valence-electron chi connectivity index (χ3n) is 5.72. The van der Waals surface area contributed by atoms with Crippen molar-refractivity contribution in [1.29, 1.82) is 0 Å². The molecule has 29 heavy (non-hydrogen) atoms. The van der Waals surface area contributed by atoms with E-state index in [1.54, 1.807) is 0 Å². The van der Waals surface area contributed by atoms with E-state index in [4.69, 9.17) is 4.74 Å². The van der Waals surface area contributed by atoms with Gasteiger partial charge in [0.15, 0.2) is 0 Å². The molecule has 1 heterocycles. The lowest BCUT2D eigenvalue weighted by Crippen LogP contribution is -2.37. The minimum atomic E-state index is -0.250. The normalized spacial score (nSPS) is 24.2. The number of esters is 2. The number of rotatable bonds is 13. The van der Waals surface area contributed by atoms with Crippen molar-refractivity contribution >= 4 is 29.7 Å². The molecular formula is C21H36N2O5S. The van der Waals surface area contributed by atoms with Crippen LogP contribution in [0.4, 0.5) is 4.79 Å². The summed E-state index contributed by atoms with van der Waals surface area (Å²) in [6.07, 6.45) is 7.95. The van der Waals surface area contributed by atoms with Crippen molar-refractivity contribution in [2.75, 3.05) is 19.4 Å². The highest BCUT2D eigenvalue weighted by Crippen LogP contribution is 2.36. The molecule has 4 unspecified atom stereocenters. The molecule has 1 saturated heterocycles. The zero-order valence-electron chi connectivity index (χ0n) is 18.0. The number of ether oxygens (including phenoxy) is 2. The Morgan fingerprint density at radius 1 is 1.24 bits per heavy atom. The molecule has 0 spiro atoms. The van der Waals surface area contributed by atoms with E-state index in [9.17, 15) is 14.4 Å². The van der Waals surface area contributed by atoms with Crippen LogP contribution in [0.1, 0.15) is 71.6 Å². The molecule has 4 atom stereocenters. The van der Waals surface area contributed by atoms with Crippen molar-refractivity contribution in [3.8, 4) is 0 Å². The summed E-state index contributed by atoms with van der Waals surface area (Å²) in [5.41, 5.74) is 0. The number of nitrogens with one attached hydrogen (secondary N) is 1. The summed E-state index contributed by atoms with van der Waals surface area (Å²) in [7, 11) is 1.42. The molecule has 0 radical (unpaired) electrons. The largest absolute Gasteiger partial charge is 0.469 e. The van der Waals surface area contributed by atoms with Gasteiger partial charge in [-0.15, -0.1) is 0 Å². The number of methoxy groups -OCH3 is 1. The van der Waals surface area contributed by atoms with Crippen LogP contribution in [-0.2, 0) is 19.1 Å². The molecule has 2 fully saturated rings. The van der Waals surface area contributed by atoms with Gasteiger partial charge < -0.3 is 19.7 Å². The van der Waals surface area contributed by atoms with Crippen LogP contribution in [0.2, 0.25) is 0 Å². The number of nitrogens with zero attached hydrogens (tertiary/aromatic N) is 1. The van der Waals surface area contributed by atoms with Crippen molar-refractivity contribution in [2.45, 2.75) is 95.1 Å².